The molecule has 2 N–H and O–H groups in total. The number of hydrogen-bond donors (Lipinski definition) is 2. The van der Waals surface area contributed by atoms with E-state index < -0.39 is 40.9 Å². The minimum Gasteiger partial charge on any atom is -0.588 e. The maximum absolute atomic E-state index is 12.6. The van der Waals surface area contributed by atoms with Crippen molar-refractivity contribution in [3.63, 3.8) is 0 Å². The van der Waals surface area contributed by atoms with Crippen LogP contribution in [-0.4, -0.2) is 36.0 Å². The number of anilines is 1. The van der Waals surface area contributed by atoms with Crippen molar-refractivity contribution in [3.05, 3.63) is 53.8 Å². The molecule has 11 heteroatoms. The lowest BCUT2D eigenvalue weighted by molar-refractivity contribution is -0.275. The minimum absolute atomic E-state index is 0.161. The van der Waals surface area contributed by atoms with E-state index >= 15 is 0 Å². The van der Waals surface area contributed by atoms with Gasteiger partial charge in [0.25, 0.3) is 0 Å². The number of benzene rings is 2. The van der Waals surface area contributed by atoms with Crippen molar-refractivity contribution in [3.8, 4) is 5.75 Å². The summed E-state index contributed by atoms with van der Waals surface area (Å²) < 4.78 is 61.9. The second-order valence-electron chi connectivity index (χ2n) is 6.41. The maximum Gasteiger partial charge on any atom is 0.573 e. The van der Waals surface area contributed by atoms with E-state index in [1.54, 1.807) is 12.1 Å². The number of alkyl halides is 3. The Kier molecular flexibility index (Phi) is 6.15. The lowest BCUT2D eigenvalue weighted by Crippen LogP contribution is -2.31. The highest BCUT2D eigenvalue weighted by atomic mass is 32.2. The van der Waals surface area contributed by atoms with Crippen molar-refractivity contribution in [1.82, 2.24) is 4.72 Å². The van der Waals surface area contributed by atoms with Crippen LogP contribution in [0.3, 0.4) is 0 Å². The molecule has 1 heterocycles. The predicted octanol–water partition coefficient (Wildman–Crippen LogP) is 3.34. The van der Waals surface area contributed by atoms with Crippen LogP contribution < -0.4 is 14.4 Å². The van der Waals surface area contributed by atoms with Gasteiger partial charge in [0.15, 0.2) is 11.5 Å². The van der Waals surface area contributed by atoms with Gasteiger partial charge in [-0.1, -0.05) is 6.07 Å². The topological polar surface area (TPSA) is 98.0 Å². The summed E-state index contributed by atoms with van der Waals surface area (Å²) in [4.78, 5) is 13.8. The van der Waals surface area contributed by atoms with Gasteiger partial charge in [0, 0.05) is 37.3 Å². The van der Waals surface area contributed by atoms with E-state index in [-0.39, 0.29) is 11.3 Å². The molecule has 0 saturated heterocycles. The summed E-state index contributed by atoms with van der Waals surface area (Å²) in [6.45, 7) is -0.498. The average molecular weight is 442 g/mol. The summed E-state index contributed by atoms with van der Waals surface area (Å²) >= 11 is -2.41. The summed E-state index contributed by atoms with van der Waals surface area (Å²) in [6.07, 6.45) is -5.02. The van der Waals surface area contributed by atoms with Gasteiger partial charge in [0.1, 0.15) is 16.9 Å². The molecule has 2 aromatic carbocycles. The summed E-state index contributed by atoms with van der Waals surface area (Å²) in [5, 5.41) is 9.83. The van der Waals surface area contributed by atoms with Gasteiger partial charge in [-0.2, -0.15) is 4.72 Å². The number of amides is 1. The molecule has 7 nitrogen and oxygen atoms in total. The molecule has 160 valence electrons. The number of halogens is 3. The van der Waals surface area contributed by atoms with Gasteiger partial charge in [0.05, 0.1) is 6.61 Å². The number of ether oxygens (including phenoxy) is 1. The fraction of sp³-hybridized carbons (Fsp3) is 0.211. The van der Waals surface area contributed by atoms with Crippen molar-refractivity contribution in [2.75, 3.05) is 19.0 Å². The number of carbonyl (C=O) groups excluding carboxylic acids is 1. The van der Waals surface area contributed by atoms with E-state index in [0.717, 1.165) is 17.8 Å². The summed E-state index contributed by atoms with van der Waals surface area (Å²) in [5.74, 6) is -1.80. The number of nitrogens with zero attached hydrogens (tertiary/aromatic N) is 1. The number of hydrogen-bond acceptors (Lipinski definition) is 6. The van der Waals surface area contributed by atoms with E-state index in [0.29, 0.717) is 11.0 Å². The second-order valence-corrected chi connectivity index (χ2v) is 7.60. The monoisotopic (exact) mass is 442 g/mol. The van der Waals surface area contributed by atoms with Crippen LogP contribution >= 0.6 is 0 Å². The molecular weight excluding hydrogens is 425 g/mol. The summed E-state index contributed by atoms with van der Waals surface area (Å²) in [6, 6.07) is 9.86. The van der Waals surface area contributed by atoms with E-state index in [9.17, 15) is 27.6 Å². The molecule has 1 amide bonds. The zero-order chi connectivity index (χ0) is 22.1. The number of rotatable bonds is 6. The van der Waals surface area contributed by atoms with Gasteiger partial charge in [-0.15, -0.1) is 13.2 Å². The van der Waals surface area contributed by atoms with Crippen LogP contribution in [0.25, 0.3) is 11.0 Å². The Balaban J connectivity index is 1.85. The second kappa shape index (κ2) is 8.46. The Hall–Kier alpha value is -2.89. The van der Waals surface area contributed by atoms with Crippen LogP contribution in [0.2, 0.25) is 0 Å². The van der Waals surface area contributed by atoms with Gasteiger partial charge in [-0.3, -0.25) is 4.79 Å². The molecule has 1 aromatic heterocycles. The first-order chi connectivity index (χ1) is 14.1. The number of furan rings is 1. The van der Waals surface area contributed by atoms with Crippen LogP contribution in [0.4, 0.5) is 18.9 Å². The molecule has 3 rings (SSSR count). The molecule has 30 heavy (non-hydrogen) atoms. The smallest absolute Gasteiger partial charge is 0.573 e. The van der Waals surface area contributed by atoms with Gasteiger partial charge >= 0.3 is 12.3 Å². The zero-order valence-corrected chi connectivity index (χ0v) is 16.6. The Labute approximate surface area is 172 Å². The number of aliphatic hydroxyl groups excluding tert-OH is 1. The van der Waals surface area contributed by atoms with E-state index in [1.807, 2.05) is 25.1 Å². The highest BCUT2D eigenvalue weighted by Gasteiger charge is 2.35. The third-order valence-electron chi connectivity index (χ3n) is 4.05. The number of aliphatic hydroxyl groups is 1. The zero-order valence-electron chi connectivity index (χ0n) is 15.8. The molecule has 0 spiro atoms. The molecule has 0 saturated carbocycles. The van der Waals surface area contributed by atoms with Gasteiger partial charge in [0.2, 0.25) is 4.90 Å². The Morgan fingerprint density at radius 1 is 1.23 bits per heavy atom. The molecule has 0 aliphatic heterocycles. The molecule has 0 radical (unpaired) electrons. The van der Waals surface area contributed by atoms with Crippen LogP contribution in [0, 0.1) is 0 Å². The molecular formula is C19H17F3N2O5S. The maximum atomic E-state index is 12.6. The minimum atomic E-state index is -5.02. The molecule has 3 aromatic rings. The first-order valence-electron chi connectivity index (χ1n) is 8.50. The third-order valence-corrected chi connectivity index (χ3v) is 5.13. The van der Waals surface area contributed by atoms with Gasteiger partial charge in [-0.25, -0.2) is 0 Å². The van der Waals surface area contributed by atoms with E-state index in [1.165, 1.54) is 12.1 Å². The van der Waals surface area contributed by atoms with E-state index in [4.69, 9.17) is 4.42 Å². The highest BCUT2D eigenvalue weighted by Crippen LogP contribution is 2.31. The van der Waals surface area contributed by atoms with Crippen molar-refractivity contribution in [1.29, 1.82) is 0 Å². The van der Waals surface area contributed by atoms with Gasteiger partial charge < -0.3 is 23.7 Å². The molecule has 0 aliphatic carbocycles. The number of nitrogens with one attached hydrogen (secondary N) is 1. The molecule has 0 aliphatic rings. The lowest BCUT2D eigenvalue weighted by Gasteiger charge is -2.15. The largest absolute Gasteiger partial charge is 0.588 e. The van der Waals surface area contributed by atoms with Crippen LogP contribution in [-0.2, 0) is 18.0 Å². The van der Waals surface area contributed by atoms with Gasteiger partial charge in [-0.05, 0) is 29.8 Å². The van der Waals surface area contributed by atoms with Crippen molar-refractivity contribution >= 4 is 33.9 Å². The molecule has 1 unspecified atom stereocenters. The first-order valence-corrected chi connectivity index (χ1v) is 9.65. The number of carbonyl (C=O) groups is 1. The molecule has 1 atom stereocenters. The van der Waals surface area contributed by atoms with E-state index in [2.05, 4.69) is 9.46 Å². The molecule has 0 fully saturated rings. The van der Waals surface area contributed by atoms with Crippen molar-refractivity contribution in [2.24, 2.45) is 0 Å². The Bertz CT molecular complexity index is 1070. The fourth-order valence-electron chi connectivity index (χ4n) is 2.60. The average Bonchev–Trinajstić information content (AvgIpc) is 3.10. The lowest BCUT2D eigenvalue weighted by atomic mass is 10.2. The molecule has 0 bridgehead atoms. The summed E-state index contributed by atoms with van der Waals surface area (Å²) in [7, 11) is 3.67. The van der Waals surface area contributed by atoms with Crippen LogP contribution in [0.15, 0.2) is 51.8 Å². The standard InChI is InChI=1S/C19H17F3N2O5S/c1-24(2)13-5-4-12-8-16(28-15(12)9-13)18(26)23-30(27)17-7-11(10-25)3-6-14(17)29-19(20,21)22/h3-9,25H,10H2,1-2H3,(H,23,26). The summed E-state index contributed by atoms with van der Waals surface area (Å²) in [5.41, 5.74) is 1.45. The highest BCUT2D eigenvalue weighted by molar-refractivity contribution is 7.90. The fourth-order valence-corrected chi connectivity index (χ4v) is 3.53. The van der Waals surface area contributed by atoms with Crippen molar-refractivity contribution < 1.29 is 36.8 Å². The Morgan fingerprint density at radius 3 is 2.60 bits per heavy atom. The SMILES string of the molecule is CN(C)c1ccc2cc(C(=O)N[S+]([O-])c3cc(CO)ccc3OC(F)(F)F)oc2c1. The van der Waals surface area contributed by atoms with Crippen molar-refractivity contribution in [2.45, 2.75) is 17.9 Å². The quantitative estimate of drug-likeness (QED) is 0.569. The first kappa shape index (κ1) is 21.8. The Morgan fingerprint density at radius 2 is 1.97 bits per heavy atom. The predicted molar refractivity (Wildman–Crippen MR) is 103 cm³/mol. The normalized spacial score (nSPS) is 12.6. The van der Waals surface area contributed by atoms with Crippen LogP contribution in [0.5, 0.6) is 5.75 Å². The third kappa shape index (κ3) is 4.99. The number of fused-ring (bicyclic) bond motifs is 1. The van der Waals surface area contributed by atoms with Crippen LogP contribution in [0.1, 0.15) is 16.1 Å².